The summed E-state index contributed by atoms with van der Waals surface area (Å²) in [6, 6.07) is 0.719. The van der Waals surface area contributed by atoms with Gasteiger partial charge >= 0.3 is 0 Å². The second kappa shape index (κ2) is 4.78. The summed E-state index contributed by atoms with van der Waals surface area (Å²) in [4.78, 5) is 7.06. The lowest BCUT2D eigenvalue weighted by Crippen LogP contribution is -2.39. The number of aliphatic hydroxyl groups is 1. The van der Waals surface area contributed by atoms with E-state index < -0.39 is 0 Å². The van der Waals surface area contributed by atoms with Gasteiger partial charge in [-0.25, -0.2) is 0 Å². The van der Waals surface area contributed by atoms with Crippen LogP contribution in [0.25, 0.3) is 0 Å². The first-order valence-corrected chi connectivity index (χ1v) is 5.82. The van der Waals surface area contributed by atoms with Crippen LogP contribution in [0.4, 0.5) is 0 Å². The van der Waals surface area contributed by atoms with Gasteiger partial charge in [-0.3, -0.25) is 4.99 Å². The van der Waals surface area contributed by atoms with Crippen molar-refractivity contribution in [3.05, 3.63) is 0 Å². The zero-order valence-corrected chi connectivity index (χ0v) is 8.78. The molecule has 2 aliphatic rings. The number of aliphatic imine (C=N–C) groups is 1. The van der Waals surface area contributed by atoms with E-state index in [2.05, 4.69) is 9.89 Å². The van der Waals surface area contributed by atoms with Crippen molar-refractivity contribution in [3.8, 4) is 0 Å². The summed E-state index contributed by atoms with van der Waals surface area (Å²) in [5.74, 6) is 1.35. The number of hydrogen-bond acceptors (Lipinski definition) is 3. The number of aliphatic hydroxyl groups excluding tert-OH is 1. The van der Waals surface area contributed by atoms with Crippen molar-refractivity contribution >= 4 is 5.84 Å². The zero-order chi connectivity index (χ0) is 9.80. The van der Waals surface area contributed by atoms with Crippen LogP contribution in [0.2, 0.25) is 0 Å². The van der Waals surface area contributed by atoms with Gasteiger partial charge in [0.25, 0.3) is 0 Å². The predicted octanol–water partition coefficient (Wildman–Crippen LogP) is 1.42. The average Bonchev–Trinajstić information content (AvgIpc) is 2.67. The van der Waals surface area contributed by atoms with Crippen molar-refractivity contribution < 1.29 is 5.11 Å². The Labute approximate surface area is 85.8 Å². The van der Waals surface area contributed by atoms with Crippen LogP contribution in [-0.4, -0.2) is 41.6 Å². The largest absolute Gasteiger partial charge is 0.396 e. The Morgan fingerprint density at radius 2 is 2.36 bits per heavy atom. The molecule has 0 aromatic rings. The molecule has 0 aromatic carbocycles. The minimum Gasteiger partial charge on any atom is -0.396 e. The van der Waals surface area contributed by atoms with Crippen molar-refractivity contribution in [1.82, 2.24) is 4.90 Å². The van der Waals surface area contributed by atoms with Crippen molar-refractivity contribution in [2.75, 3.05) is 19.7 Å². The van der Waals surface area contributed by atoms with Crippen LogP contribution in [0.5, 0.6) is 0 Å². The Balaban J connectivity index is 1.84. The molecule has 0 amide bonds. The molecule has 0 bridgehead atoms. The second-order valence-corrected chi connectivity index (χ2v) is 4.26. The Morgan fingerprint density at radius 3 is 3.21 bits per heavy atom. The monoisotopic (exact) mass is 196 g/mol. The number of nitrogens with zero attached hydrogens (tertiary/aromatic N) is 2. The van der Waals surface area contributed by atoms with Crippen LogP contribution >= 0.6 is 0 Å². The molecule has 0 aliphatic carbocycles. The van der Waals surface area contributed by atoms with Gasteiger partial charge < -0.3 is 10.0 Å². The van der Waals surface area contributed by atoms with Crippen molar-refractivity contribution in [3.63, 3.8) is 0 Å². The van der Waals surface area contributed by atoms with Crippen LogP contribution in [0.1, 0.15) is 38.5 Å². The minimum absolute atomic E-state index is 0.341. The molecule has 0 radical (unpaired) electrons. The van der Waals surface area contributed by atoms with Gasteiger partial charge in [0.15, 0.2) is 0 Å². The first-order chi connectivity index (χ1) is 6.92. The van der Waals surface area contributed by atoms with Crippen molar-refractivity contribution in [2.24, 2.45) is 4.99 Å². The summed E-state index contributed by atoms with van der Waals surface area (Å²) in [5.41, 5.74) is 0. The Hall–Kier alpha value is -0.570. The molecule has 0 saturated carbocycles. The van der Waals surface area contributed by atoms with Crippen LogP contribution in [0, 0.1) is 0 Å². The summed E-state index contributed by atoms with van der Waals surface area (Å²) in [7, 11) is 0. The highest BCUT2D eigenvalue weighted by Crippen LogP contribution is 2.24. The van der Waals surface area contributed by atoms with Crippen molar-refractivity contribution in [1.29, 1.82) is 0 Å². The van der Waals surface area contributed by atoms with Crippen LogP contribution in [0.15, 0.2) is 4.99 Å². The van der Waals surface area contributed by atoms with E-state index in [1.165, 1.54) is 38.1 Å². The summed E-state index contributed by atoms with van der Waals surface area (Å²) < 4.78 is 0. The van der Waals surface area contributed by atoms with E-state index in [9.17, 15) is 0 Å². The molecule has 3 heteroatoms. The fourth-order valence-corrected chi connectivity index (χ4v) is 2.53. The van der Waals surface area contributed by atoms with Crippen LogP contribution < -0.4 is 0 Å². The molecule has 80 valence electrons. The summed E-state index contributed by atoms with van der Waals surface area (Å²) in [6.45, 7) is 2.58. The Morgan fingerprint density at radius 1 is 1.43 bits per heavy atom. The van der Waals surface area contributed by atoms with Gasteiger partial charge in [-0.05, 0) is 32.1 Å². The van der Waals surface area contributed by atoms with E-state index in [1.807, 2.05) is 0 Å². The van der Waals surface area contributed by atoms with E-state index in [-0.39, 0.29) is 0 Å². The molecular weight excluding hydrogens is 176 g/mol. The maximum absolute atomic E-state index is 8.75. The fourth-order valence-electron chi connectivity index (χ4n) is 2.53. The molecule has 1 unspecified atom stereocenters. The molecule has 1 atom stereocenters. The molecule has 0 aromatic heterocycles. The lowest BCUT2D eigenvalue weighted by molar-refractivity contribution is 0.253. The topological polar surface area (TPSA) is 35.8 Å². The summed E-state index contributed by atoms with van der Waals surface area (Å²) in [6.07, 6.45) is 7.04. The average molecular weight is 196 g/mol. The lowest BCUT2D eigenvalue weighted by Gasteiger charge is -2.33. The molecule has 2 heterocycles. The molecular formula is C11H20N2O. The SMILES string of the molecule is OCCCCC1CCN=C2CCCN21. The molecule has 1 saturated heterocycles. The fraction of sp³-hybridized carbons (Fsp3) is 0.909. The third kappa shape index (κ3) is 2.08. The van der Waals surface area contributed by atoms with Crippen molar-refractivity contribution in [2.45, 2.75) is 44.6 Å². The first kappa shape index (κ1) is 9.97. The van der Waals surface area contributed by atoms with Gasteiger partial charge in [0.05, 0.1) is 5.84 Å². The molecule has 1 fully saturated rings. The Kier molecular flexibility index (Phi) is 3.40. The normalized spacial score (nSPS) is 26.2. The molecule has 1 N–H and O–H groups in total. The molecule has 2 aliphatic heterocycles. The van der Waals surface area contributed by atoms with Gasteiger partial charge in [0.2, 0.25) is 0 Å². The third-order valence-corrected chi connectivity index (χ3v) is 3.27. The van der Waals surface area contributed by atoms with Gasteiger partial charge in [0.1, 0.15) is 0 Å². The molecule has 14 heavy (non-hydrogen) atoms. The van der Waals surface area contributed by atoms with E-state index in [0.717, 1.165) is 25.4 Å². The van der Waals surface area contributed by atoms with Gasteiger partial charge in [-0.1, -0.05) is 0 Å². The number of amidine groups is 1. The van der Waals surface area contributed by atoms with Gasteiger partial charge in [-0.2, -0.15) is 0 Å². The second-order valence-electron chi connectivity index (χ2n) is 4.26. The number of unbranched alkanes of at least 4 members (excludes halogenated alkanes) is 1. The van der Waals surface area contributed by atoms with Gasteiger partial charge in [-0.15, -0.1) is 0 Å². The molecule has 2 rings (SSSR count). The Bertz CT molecular complexity index is 215. The minimum atomic E-state index is 0.341. The number of rotatable bonds is 4. The van der Waals surface area contributed by atoms with E-state index in [0.29, 0.717) is 6.61 Å². The maximum atomic E-state index is 8.75. The summed E-state index contributed by atoms with van der Waals surface area (Å²) >= 11 is 0. The quantitative estimate of drug-likeness (QED) is 0.690. The summed E-state index contributed by atoms with van der Waals surface area (Å²) in [5, 5.41) is 8.75. The zero-order valence-electron chi connectivity index (χ0n) is 8.78. The predicted molar refractivity (Wildman–Crippen MR) is 57.6 cm³/mol. The van der Waals surface area contributed by atoms with E-state index in [4.69, 9.17) is 5.11 Å². The smallest absolute Gasteiger partial charge is 0.0992 e. The van der Waals surface area contributed by atoms with E-state index in [1.54, 1.807) is 0 Å². The van der Waals surface area contributed by atoms with Crippen LogP contribution in [0.3, 0.4) is 0 Å². The highest BCUT2D eigenvalue weighted by molar-refractivity contribution is 5.84. The maximum Gasteiger partial charge on any atom is 0.0992 e. The molecule has 3 nitrogen and oxygen atoms in total. The standard InChI is InChI=1S/C11H20N2O/c14-9-2-1-4-10-6-7-12-11-5-3-8-13(10)11/h10,14H,1-9H2. The molecule has 0 spiro atoms. The third-order valence-electron chi connectivity index (χ3n) is 3.27. The van der Waals surface area contributed by atoms with E-state index >= 15 is 0 Å². The first-order valence-electron chi connectivity index (χ1n) is 5.82. The number of fused-ring (bicyclic) bond motifs is 1. The highest BCUT2D eigenvalue weighted by Gasteiger charge is 2.28. The highest BCUT2D eigenvalue weighted by atomic mass is 16.2. The van der Waals surface area contributed by atoms with Gasteiger partial charge in [0, 0.05) is 32.2 Å². The lowest BCUT2D eigenvalue weighted by atomic mass is 10.0. The van der Waals surface area contributed by atoms with Crippen LogP contribution in [-0.2, 0) is 0 Å². The number of hydrogen-bond donors (Lipinski definition) is 1.